The zero-order valence-electron chi connectivity index (χ0n) is 13.0. The van der Waals surface area contributed by atoms with E-state index >= 15 is 0 Å². The van der Waals surface area contributed by atoms with E-state index in [4.69, 9.17) is 9.05 Å². The highest BCUT2D eigenvalue weighted by Crippen LogP contribution is 2.28. The number of likely N-dealkylation sites (N-methyl/N-ethyl adjacent to an activating group) is 1. The minimum Gasteiger partial charge on any atom is -0.342 e. The number of hydrogen-bond acceptors (Lipinski definition) is 7. The van der Waals surface area contributed by atoms with Crippen LogP contribution in [0.5, 0.6) is 0 Å². The summed E-state index contributed by atoms with van der Waals surface area (Å²) in [4.78, 5) is 22.2. The highest BCUT2D eigenvalue weighted by Gasteiger charge is 2.33. The highest BCUT2D eigenvalue weighted by molar-refractivity contribution is 5.79. The Morgan fingerprint density at radius 1 is 1.12 bits per heavy atom. The van der Waals surface area contributed by atoms with Crippen LogP contribution in [0.4, 0.5) is 0 Å². The molecule has 2 aromatic heterocycles. The van der Waals surface area contributed by atoms with Gasteiger partial charge in [0.25, 0.3) is 11.7 Å². The molecule has 1 amide bonds. The Kier molecular flexibility index (Phi) is 3.56. The van der Waals surface area contributed by atoms with E-state index in [-0.39, 0.29) is 23.5 Å². The zero-order chi connectivity index (χ0) is 16.5. The predicted octanol–water partition coefficient (Wildman–Crippen LogP) is 2.12. The summed E-state index contributed by atoms with van der Waals surface area (Å²) < 4.78 is 10.5. The van der Waals surface area contributed by atoms with Gasteiger partial charge in [-0.3, -0.25) is 4.79 Å². The van der Waals surface area contributed by atoms with Gasteiger partial charge in [0.2, 0.25) is 17.6 Å². The first-order valence-corrected chi connectivity index (χ1v) is 7.75. The molecule has 8 nitrogen and oxygen atoms in total. The molecule has 1 aliphatic heterocycles. The summed E-state index contributed by atoms with van der Waals surface area (Å²) in [5.41, 5.74) is 0.844. The van der Waals surface area contributed by atoms with Crippen molar-refractivity contribution in [1.29, 1.82) is 0 Å². The van der Waals surface area contributed by atoms with Crippen LogP contribution >= 0.6 is 0 Å². The van der Waals surface area contributed by atoms with Gasteiger partial charge in [-0.1, -0.05) is 40.6 Å². The molecular weight excluding hydrogens is 310 g/mol. The molecule has 3 heterocycles. The second-order valence-corrected chi connectivity index (χ2v) is 5.58. The van der Waals surface area contributed by atoms with Crippen molar-refractivity contribution in [2.75, 3.05) is 13.1 Å². The Hall–Kier alpha value is -3.03. The van der Waals surface area contributed by atoms with Crippen LogP contribution in [0.1, 0.15) is 25.2 Å². The Balaban J connectivity index is 1.56. The van der Waals surface area contributed by atoms with Crippen LogP contribution in [-0.2, 0) is 4.79 Å². The molecule has 0 N–H and O–H groups in total. The minimum atomic E-state index is -0.0878. The molecule has 0 aliphatic carbocycles. The fourth-order valence-electron chi connectivity index (χ4n) is 2.75. The third-order valence-corrected chi connectivity index (χ3v) is 4.04. The van der Waals surface area contributed by atoms with Gasteiger partial charge in [-0.25, -0.2) is 0 Å². The summed E-state index contributed by atoms with van der Waals surface area (Å²) in [5.74, 6) is 1.34. The van der Waals surface area contributed by atoms with Crippen molar-refractivity contribution < 1.29 is 13.8 Å². The number of benzene rings is 1. The van der Waals surface area contributed by atoms with Gasteiger partial charge in [0.15, 0.2) is 0 Å². The smallest absolute Gasteiger partial charge is 0.299 e. The Bertz CT molecular complexity index is 857. The quantitative estimate of drug-likeness (QED) is 0.724. The lowest BCUT2D eigenvalue weighted by atomic mass is 10.1. The summed E-state index contributed by atoms with van der Waals surface area (Å²) in [7, 11) is 0. The standard InChI is InChI=1S/C16H15N5O3/c1-2-21-9-11(8-12(21)22)15-18-14(20-23-15)16-17-13(19-24-16)10-6-4-3-5-7-10/h3-7,11H,2,8-9H2,1H3. The molecule has 1 atom stereocenters. The van der Waals surface area contributed by atoms with E-state index in [0.29, 0.717) is 31.2 Å². The van der Waals surface area contributed by atoms with Crippen LogP contribution in [0.3, 0.4) is 0 Å². The first-order chi connectivity index (χ1) is 11.7. The number of amides is 1. The molecule has 1 aliphatic rings. The molecule has 1 aromatic carbocycles. The Morgan fingerprint density at radius 3 is 2.67 bits per heavy atom. The molecule has 0 spiro atoms. The van der Waals surface area contributed by atoms with Crippen molar-refractivity contribution >= 4 is 5.91 Å². The van der Waals surface area contributed by atoms with Crippen molar-refractivity contribution in [2.24, 2.45) is 0 Å². The molecule has 0 bridgehead atoms. The Morgan fingerprint density at radius 2 is 1.92 bits per heavy atom. The number of nitrogens with zero attached hydrogens (tertiary/aromatic N) is 5. The third-order valence-electron chi connectivity index (χ3n) is 4.04. The van der Waals surface area contributed by atoms with Crippen molar-refractivity contribution in [2.45, 2.75) is 19.3 Å². The molecule has 1 fully saturated rings. The third kappa shape index (κ3) is 2.55. The highest BCUT2D eigenvalue weighted by atomic mass is 16.5. The number of carbonyl (C=O) groups is 1. The minimum absolute atomic E-state index is 0.0878. The predicted molar refractivity (Wildman–Crippen MR) is 82.6 cm³/mol. The number of aromatic nitrogens is 4. The number of carbonyl (C=O) groups excluding carboxylic acids is 1. The van der Waals surface area contributed by atoms with E-state index in [1.807, 2.05) is 37.3 Å². The molecule has 1 unspecified atom stereocenters. The van der Waals surface area contributed by atoms with Gasteiger partial charge in [-0.05, 0) is 6.92 Å². The maximum atomic E-state index is 11.8. The summed E-state index contributed by atoms with van der Waals surface area (Å²) in [6, 6.07) is 9.49. The van der Waals surface area contributed by atoms with Crippen LogP contribution < -0.4 is 0 Å². The van der Waals surface area contributed by atoms with E-state index in [9.17, 15) is 4.79 Å². The molecule has 4 rings (SSSR count). The van der Waals surface area contributed by atoms with Crippen molar-refractivity contribution in [3.05, 3.63) is 36.2 Å². The number of likely N-dealkylation sites (tertiary alicyclic amines) is 1. The second-order valence-electron chi connectivity index (χ2n) is 5.58. The van der Waals surface area contributed by atoms with Gasteiger partial charge in [0.1, 0.15) is 0 Å². The molecule has 0 saturated carbocycles. The van der Waals surface area contributed by atoms with Gasteiger partial charge in [-0.2, -0.15) is 9.97 Å². The van der Waals surface area contributed by atoms with E-state index in [1.165, 1.54) is 0 Å². The zero-order valence-corrected chi connectivity index (χ0v) is 13.0. The number of rotatable bonds is 4. The monoisotopic (exact) mass is 325 g/mol. The van der Waals surface area contributed by atoms with E-state index in [1.54, 1.807) is 4.90 Å². The summed E-state index contributed by atoms with van der Waals surface area (Å²) in [5, 5.41) is 7.84. The fraction of sp³-hybridized carbons (Fsp3) is 0.312. The van der Waals surface area contributed by atoms with Crippen molar-refractivity contribution in [1.82, 2.24) is 25.2 Å². The SMILES string of the molecule is CCN1CC(c2nc(-c3nc(-c4ccccc4)no3)no2)CC1=O. The molecule has 24 heavy (non-hydrogen) atoms. The van der Waals surface area contributed by atoms with Gasteiger partial charge < -0.3 is 13.9 Å². The number of hydrogen-bond donors (Lipinski definition) is 0. The van der Waals surface area contributed by atoms with Crippen molar-refractivity contribution in [3.8, 4) is 23.1 Å². The van der Waals surface area contributed by atoms with Crippen LogP contribution in [0.25, 0.3) is 23.1 Å². The first kappa shape index (κ1) is 14.6. The second kappa shape index (κ2) is 5.88. The lowest BCUT2D eigenvalue weighted by molar-refractivity contribution is -0.127. The molecule has 0 radical (unpaired) electrons. The summed E-state index contributed by atoms with van der Waals surface area (Å²) in [6.45, 7) is 3.22. The lowest BCUT2D eigenvalue weighted by Crippen LogP contribution is -2.24. The van der Waals surface area contributed by atoms with E-state index < -0.39 is 0 Å². The average molecular weight is 325 g/mol. The van der Waals surface area contributed by atoms with E-state index in [0.717, 1.165) is 5.56 Å². The van der Waals surface area contributed by atoms with Crippen molar-refractivity contribution in [3.63, 3.8) is 0 Å². The molecule has 8 heteroatoms. The normalized spacial score (nSPS) is 17.6. The van der Waals surface area contributed by atoms with E-state index in [2.05, 4.69) is 20.3 Å². The molecule has 3 aromatic rings. The van der Waals surface area contributed by atoms with Gasteiger partial charge in [-0.15, -0.1) is 0 Å². The Labute approximate surface area is 137 Å². The van der Waals surface area contributed by atoms with Crippen LogP contribution in [-0.4, -0.2) is 44.2 Å². The van der Waals surface area contributed by atoms with Gasteiger partial charge >= 0.3 is 0 Å². The maximum absolute atomic E-state index is 11.8. The topological polar surface area (TPSA) is 98.2 Å². The van der Waals surface area contributed by atoms with Crippen LogP contribution in [0.15, 0.2) is 39.4 Å². The van der Waals surface area contributed by atoms with Gasteiger partial charge in [0, 0.05) is 25.1 Å². The lowest BCUT2D eigenvalue weighted by Gasteiger charge is -2.11. The molecule has 1 saturated heterocycles. The van der Waals surface area contributed by atoms with Crippen LogP contribution in [0.2, 0.25) is 0 Å². The fourth-order valence-corrected chi connectivity index (χ4v) is 2.75. The average Bonchev–Trinajstić information content (AvgIpc) is 3.34. The molecule has 122 valence electrons. The van der Waals surface area contributed by atoms with Gasteiger partial charge in [0.05, 0.1) is 5.92 Å². The molecular formula is C16H15N5O3. The summed E-state index contributed by atoms with van der Waals surface area (Å²) >= 11 is 0. The largest absolute Gasteiger partial charge is 0.342 e. The summed E-state index contributed by atoms with van der Waals surface area (Å²) in [6.07, 6.45) is 0.384. The first-order valence-electron chi connectivity index (χ1n) is 7.75. The maximum Gasteiger partial charge on any atom is 0.299 e. The van der Waals surface area contributed by atoms with Crippen LogP contribution in [0, 0.1) is 0 Å².